The summed E-state index contributed by atoms with van der Waals surface area (Å²) in [6.07, 6.45) is 0. The number of hydrogen-bond acceptors (Lipinski definition) is 5. The number of carbonyl (C=O) groups excluding carboxylic acids is 2. The second-order valence-electron chi connectivity index (χ2n) is 5.54. The van der Waals surface area contributed by atoms with Crippen molar-refractivity contribution in [2.45, 2.75) is 24.8 Å². The van der Waals surface area contributed by atoms with E-state index in [1.165, 1.54) is 9.21 Å². The first-order valence-corrected chi connectivity index (χ1v) is 9.29. The predicted molar refractivity (Wildman–Crippen MR) is 83.2 cm³/mol. The zero-order chi connectivity index (χ0) is 16.1. The van der Waals surface area contributed by atoms with Gasteiger partial charge in [0.1, 0.15) is 0 Å². The number of thioether (sulfide) groups is 1. The molecule has 2 heterocycles. The summed E-state index contributed by atoms with van der Waals surface area (Å²) in [6, 6.07) is 4.69. The molecule has 0 spiro atoms. The maximum atomic E-state index is 12.5. The van der Waals surface area contributed by atoms with Crippen LogP contribution in [0.1, 0.15) is 11.1 Å². The van der Waals surface area contributed by atoms with Gasteiger partial charge in [-0.25, -0.2) is 8.42 Å². The van der Waals surface area contributed by atoms with Gasteiger partial charge in [-0.1, -0.05) is 17.8 Å². The first-order chi connectivity index (χ1) is 10.3. The van der Waals surface area contributed by atoms with Crippen LogP contribution in [0.3, 0.4) is 0 Å². The van der Waals surface area contributed by atoms with Gasteiger partial charge in [0.15, 0.2) is 0 Å². The van der Waals surface area contributed by atoms with E-state index in [0.717, 1.165) is 22.9 Å². The highest BCUT2D eigenvalue weighted by atomic mass is 32.2. The number of aryl methyl sites for hydroxylation is 2. The van der Waals surface area contributed by atoms with Crippen LogP contribution in [0.5, 0.6) is 0 Å². The van der Waals surface area contributed by atoms with Gasteiger partial charge in [0.25, 0.3) is 5.24 Å². The van der Waals surface area contributed by atoms with E-state index >= 15 is 0 Å². The highest BCUT2D eigenvalue weighted by Gasteiger charge is 2.45. The molecule has 3 rings (SSSR count). The zero-order valence-electron chi connectivity index (χ0n) is 12.3. The van der Waals surface area contributed by atoms with Crippen LogP contribution in [0.15, 0.2) is 23.1 Å². The number of nitrogens with zero attached hydrogens (tertiary/aromatic N) is 2. The van der Waals surface area contributed by atoms with Gasteiger partial charge in [0, 0.05) is 13.1 Å². The molecule has 2 fully saturated rings. The van der Waals surface area contributed by atoms with Gasteiger partial charge in [-0.3, -0.25) is 14.5 Å². The molecule has 2 aliphatic rings. The fourth-order valence-corrected chi connectivity index (χ4v) is 4.89. The van der Waals surface area contributed by atoms with Gasteiger partial charge >= 0.3 is 0 Å². The zero-order valence-corrected chi connectivity index (χ0v) is 13.9. The van der Waals surface area contributed by atoms with E-state index in [-0.39, 0.29) is 40.9 Å². The van der Waals surface area contributed by atoms with Crippen molar-refractivity contribution >= 4 is 32.9 Å². The number of rotatable bonds is 3. The SMILES string of the molecule is Cc1ccc(S(=O)(=O)N2CC(N3C(=O)CSC3=O)C2)cc1C. The van der Waals surface area contributed by atoms with Gasteiger partial charge in [0.05, 0.1) is 16.7 Å². The quantitative estimate of drug-likeness (QED) is 0.831. The van der Waals surface area contributed by atoms with Gasteiger partial charge in [-0.05, 0) is 37.1 Å². The Hall–Kier alpha value is -1.38. The van der Waals surface area contributed by atoms with Crippen molar-refractivity contribution in [2.75, 3.05) is 18.8 Å². The lowest BCUT2D eigenvalue weighted by Gasteiger charge is -2.41. The van der Waals surface area contributed by atoms with Gasteiger partial charge in [0.2, 0.25) is 15.9 Å². The third-order valence-electron chi connectivity index (χ3n) is 4.09. The molecule has 0 aromatic heterocycles. The third-order valence-corrected chi connectivity index (χ3v) is 6.76. The minimum Gasteiger partial charge on any atom is -0.273 e. The molecule has 2 amide bonds. The molecule has 1 aromatic carbocycles. The Bertz CT molecular complexity index is 738. The molecule has 22 heavy (non-hydrogen) atoms. The summed E-state index contributed by atoms with van der Waals surface area (Å²) in [4.78, 5) is 24.7. The summed E-state index contributed by atoms with van der Waals surface area (Å²) in [6.45, 7) is 4.14. The van der Waals surface area contributed by atoms with Crippen molar-refractivity contribution < 1.29 is 18.0 Å². The minimum atomic E-state index is -3.56. The normalized spacial score (nSPS) is 20.5. The molecule has 0 unspecified atom stereocenters. The van der Waals surface area contributed by atoms with Crippen molar-refractivity contribution in [1.82, 2.24) is 9.21 Å². The van der Waals surface area contributed by atoms with E-state index in [2.05, 4.69) is 0 Å². The predicted octanol–water partition coefficient (Wildman–Crippen LogP) is 1.37. The molecule has 0 N–H and O–H groups in total. The minimum absolute atomic E-state index is 0.152. The topological polar surface area (TPSA) is 74.8 Å². The smallest absolute Gasteiger partial charge is 0.273 e. The van der Waals surface area contributed by atoms with E-state index in [1.54, 1.807) is 18.2 Å². The molecule has 8 heteroatoms. The van der Waals surface area contributed by atoms with Crippen molar-refractivity contribution in [3.8, 4) is 0 Å². The lowest BCUT2D eigenvalue weighted by molar-refractivity contribution is -0.127. The standard InChI is InChI=1S/C14H16N2O4S2/c1-9-3-4-12(5-10(9)2)22(19,20)15-6-11(7-15)16-13(17)8-21-14(16)18/h3-5,11H,6-8H2,1-2H3. The molecule has 0 saturated carbocycles. The van der Waals surface area contributed by atoms with Crippen LogP contribution < -0.4 is 0 Å². The Morgan fingerprint density at radius 1 is 1.14 bits per heavy atom. The Kier molecular flexibility index (Phi) is 3.78. The molecule has 0 bridgehead atoms. The molecule has 6 nitrogen and oxygen atoms in total. The van der Waals surface area contributed by atoms with Gasteiger partial charge in [-0.2, -0.15) is 4.31 Å². The fourth-order valence-electron chi connectivity index (χ4n) is 2.52. The monoisotopic (exact) mass is 340 g/mol. The molecule has 118 valence electrons. The molecule has 2 aliphatic heterocycles. The molecule has 0 aliphatic carbocycles. The van der Waals surface area contributed by atoms with Crippen LogP contribution in [0.2, 0.25) is 0 Å². The molecule has 1 aromatic rings. The Labute approximate surface area is 133 Å². The van der Waals surface area contributed by atoms with Gasteiger partial charge < -0.3 is 0 Å². The van der Waals surface area contributed by atoms with E-state index < -0.39 is 10.0 Å². The second-order valence-corrected chi connectivity index (χ2v) is 8.40. The number of hydrogen-bond donors (Lipinski definition) is 0. The van der Waals surface area contributed by atoms with Crippen molar-refractivity contribution in [2.24, 2.45) is 0 Å². The molecular formula is C14H16N2O4S2. The van der Waals surface area contributed by atoms with E-state index in [0.29, 0.717) is 0 Å². The number of sulfonamides is 1. The van der Waals surface area contributed by atoms with E-state index in [1.807, 2.05) is 13.8 Å². The summed E-state index contributed by atoms with van der Waals surface area (Å²) < 4.78 is 26.4. The summed E-state index contributed by atoms with van der Waals surface area (Å²) in [5.41, 5.74) is 1.95. The second kappa shape index (κ2) is 5.36. The van der Waals surface area contributed by atoms with E-state index in [4.69, 9.17) is 0 Å². The Morgan fingerprint density at radius 2 is 1.82 bits per heavy atom. The Morgan fingerprint density at radius 3 is 2.36 bits per heavy atom. The van der Waals surface area contributed by atoms with Gasteiger partial charge in [-0.15, -0.1) is 0 Å². The lowest BCUT2D eigenvalue weighted by atomic mass is 10.1. The lowest BCUT2D eigenvalue weighted by Crippen LogP contribution is -2.61. The summed E-state index contributed by atoms with van der Waals surface area (Å²) in [5, 5.41) is -0.279. The molecule has 0 radical (unpaired) electrons. The Balaban J connectivity index is 1.75. The summed E-state index contributed by atoms with van der Waals surface area (Å²) >= 11 is 0.969. The average Bonchev–Trinajstić information content (AvgIpc) is 2.72. The number of benzene rings is 1. The maximum Gasteiger partial charge on any atom is 0.289 e. The highest BCUT2D eigenvalue weighted by Crippen LogP contribution is 2.30. The molecular weight excluding hydrogens is 324 g/mol. The van der Waals surface area contributed by atoms with Crippen molar-refractivity contribution in [3.05, 3.63) is 29.3 Å². The van der Waals surface area contributed by atoms with Crippen LogP contribution >= 0.6 is 11.8 Å². The molecule has 2 saturated heterocycles. The third kappa shape index (κ3) is 2.45. The van der Waals surface area contributed by atoms with Crippen molar-refractivity contribution in [3.63, 3.8) is 0 Å². The van der Waals surface area contributed by atoms with Crippen LogP contribution in [0, 0.1) is 13.8 Å². The largest absolute Gasteiger partial charge is 0.289 e. The fraction of sp³-hybridized carbons (Fsp3) is 0.429. The van der Waals surface area contributed by atoms with Crippen LogP contribution in [0.4, 0.5) is 4.79 Å². The number of imide groups is 1. The first-order valence-electron chi connectivity index (χ1n) is 6.87. The molecule has 0 atom stereocenters. The highest BCUT2D eigenvalue weighted by molar-refractivity contribution is 8.14. The first kappa shape index (κ1) is 15.5. The maximum absolute atomic E-state index is 12.5. The number of carbonyl (C=O) groups is 2. The summed E-state index contributed by atoms with van der Waals surface area (Å²) in [7, 11) is -3.56. The number of amides is 2. The van der Waals surface area contributed by atoms with Crippen molar-refractivity contribution in [1.29, 1.82) is 0 Å². The van der Waals surface area contributed by atoms with E-state index in [9.17, 15) is 18.0 Å². The summed E-state index contributed by atoms with van der Waals surface area (Å²) in [5.74, 6) is -0.0811. The van der Waals surface area contributed by atoms with Crippen LogP contribution in [-0.2, 0) is 14.8 Å². The average molecular weight is 340 g/mol. The van der Waals surface area contributed by atoms with Crippen LogP contribution in [0.25, 0.3) is 0 Å². The van der Waals surface area contributed by atoms with Crippen LogP contribution in [-0.4, -0.2) is 53.7 Å².